The van der Waals surface area contributed by atoms with Crippen molar-refractivity contribution in [1.29, 1.82) is 0 Å². The van der Waals surface area contributed by atoms with Crippen LogP contribution in [0.25, 0.3) is 0 Å². The Labute approximate surface area is 104 Å². The van der Waals surface area contributed by atoms with Crippen LogP contribution in [-0.4, -0.2) is 19.7 Å². The van der Waals surface area contributed by atoms with Gasteiger partial charge in [-0.2, -0.15) is 5.10 Å². The number of hydrogen-bond donors (Lipinski definition) is 1. The summed E-state index contributed by atoms with van der Waals surface area (Å²) in [6, 6.07) is 3.29. The molecule has 2 aromatic rings. The molecule has 0 bridgehead atoms. The number of nitrogens with one attached hydrogen (secondary N) is 1. The normalized spacial score (nSPS) is 10.3. The number of anilines is 1. The van der Waals surface area contributed by atoms with Crippen LogP contribution in [0.4, 0.5) is 11.5 Å². The van der Waals surface area contributed by atoms with Crippen molar-refractivity contribution >= 4 is 11.5 Å². The molecule has 0 aliphatic carbocycles. The molecule has 7 heteroatoms. The molecule has 2 heterocycles. The zero-order valence-corrected chi connectivity index (χ0v) is 10.1. The highest BCUT2D eigenvalue weighted by Crippen LogP contribution is 2.21. The summed E-state index contributed by atoms with van der Waals surface area (Å²) in [5.41, 5.74) is 2.43. The fourth-order valence-electron chi connectivity index (χ4n) is 1.59. The molecular weight excluding hydrogens is 234 g/mol. The van der Waals surface area contributed by atoms with Crippen LogP contribution in [0, 0.1) is 17.0 Å². The van der Waals surface area contributed by atoms with Crippen LogP contribution in [0.2, 0.25) is 0 Å². The van der Waals surface area contributed by atoms with Gasteiger partial charge >= 0.3 is 5.82 Å². The number of rotatable bonds is 4. The van der Waals surface area contributed by atoms with Gasteiger partial charge in [-0.15, -0.1) is 0 Å². The number of pyridine rings is 1. The van der Waals surface area contributed by atoms with Crippen LogP contribution in [0.15, 0.2) is 24.5 Å². The summed E-state index contributed by atoms with van der Waals surface area (Å²) in [7, 11) is 1.85. The molecule has 0 atom stereocenters. The third-order valence-corrected chi connectivity index (χ3v) is 2.77. The van der Waals surface area contributed by atoms with Gasteiger partial charge in [-0.1, -0.05) is 0 Å². The van der Waals surface area contributed by atoms with E-state index in [-0.39, 0.29) is 5.82 Å². The molecule has 2 aromatic heterocycles. The Morgan fingerprint density at radius 3 is 2.94 bits per heavy atom. The van der Waals surface area contributed by atoms with E-state index in [1.165, 1.54) is 6.20 Å². The quantitative estimate of drug-likeness (QED) is 0.655. The maximum absolute atomic E-state index is 10.8. The predicted octanol–water partition coefficient (Wildman–Crippen LogP) is 1.64. The molecule has 0 aromatic carbocycles. The Hall–Kier alpha value is -2.44. The van der Waals surface area contributed by atoms with Crippen molar-refractivity contribution in [3.8, 4) is 0 Å². The summed E-state index contributed by atoms with van der Waals surface area (Å²) in [5, 5.41) is 17.9. The minimum absolute atomic E-state index is 0.168. The highest BCUT2D eigenvalue weighted by molar-refractivity contribution is 5.56. The Morgan fingerprint density at radius 2 is 2.33 bits per heavy atom. The van der Waals surface area contributed by atoms with Gasteiger partial charge in [0.2, 0.25) is 0 Å². The molecule has 0 spiro atoms. The van der Waals surface area contributed by atoms with Crippen LogP contribution in [0.1, 0.15) is 11.3 Å². The summed E-state index contributed by atoms with van der Waals surface area (Å²) >= 11 is 0. The van der Waals surface area contributed by atoms with Crippen LogP contribution in [0.5, 0.6) is 0 Å². The Balaban J connectivity index is 2.16. The summed E-state index contributed by atoms with van der Waals surface area (Å²) in [5.74, 6) is -0.168. The van der Waals surface area contributed by atoms with Gasteiger partial charge in [0.05, 0.1) is 6.20 Å². The lowest BCUT2D eigenvalue weighted by atomic mass is 10.2. The number of hydrogen-bond acceptors (Lipinski definition) is 5. The average molecular weight is 247 g/mol. The number of nitrogens with zero attached hydrogens (tertiary/aromatic N) is 4. The van der Waals surface area contributed by atoms with Crippen LogP contribution < -0.4 is 5.32 Å². The summed E-state index contributed by atoms with van der Waals surface area (Å²) in [4.78, 5) is 14.0. The Bertz CT molecular complexity index is 579. The minimum Gasteiger partial charge on any atom is -0.374 e. The minimum atomic E-state index is -0.502. The topological polar surface area (TPSA) is 85.9 Å². The van der Waals surface area contributed by atoms with E-state index in [0.717, 1.165) is 11.3 Å². The van der Waals surface area contributed by atoms with Gasteiger partial charge in [0, 0.05) is 24.8 Å². The van der Waals surface area contributed by atoms with Crippen molar-refractivity contribution in [2.24, 2.45) is 7.05 Å². The van der Waals surface area contributed by atoms with Crippen molar-refractivity contribution in [3.63, 3.8) is 0 Å². The van der Waals surface area contributed by atoms with Crippen LogP contribution in [-0.2, 0) is 13.6 Å². The molecule has 94 valence electrons. The Kier molecular flexibility index (Phi) is 3.22. The number of aryl methyl sites for hydroxylation is 1. The van der Waals surface area contributed by atoms with E-state index in [4.69, 9.17) is 0 Å². The number of aromatic nitrogens is 3. The smallest absolute Gasteiger partial charge is 0.374 e. The summed E-state index contributed by atoms with van der Waals surface area (Å²) < 4.78 is 1.76. The zero-order chi connectivity index (χ0) is 13.1. The SMILES string of the molecule is Cc1c(CNc2cccnc2[N+](=O)[O-])cnn1C. The molecule has 0 saturated carbocycles. The van der Waals surface area contributed by atoms with Gasteiger partial charge in [-0.3, -0.25) is 4.68 Å². The Morgan fingerprint density at radius 1 is 1.56 bits per heavy atom. The molecule has 0 aliphatic rings. The maximum atomic E-state index is 10.8. The third-order valence-electron chi connectivity index (χ3n) is 2.77. The highest BCUT2D eigenvalue weighted by Gasteiger charge is 2.14. The molecule has 0 amide bonds. The molecule has 2 rings (SSSR count). The lowest BCUT2D eigenvalue weighted by Gasteiger charge is -2.05. The summed E-state index contributed by atoms with van der Waals surface area (Å²) in [6.45, 7) is 2.42. The molecule has 0 aliphatic heterocycles. The van der Waals surface area contributed by atoms with Gasteiger partial charge in [-0.25, -0.2) is 0 Å². The lowest BCUT2D eigenvalue weighted by Crippen LogP contribution is -2.04. The third kappa shape index (κ3) is 2.29. The lowest BCUT2D eigenvalue weighted by molar-refractivity contribution is -0.388. The van der Waals surface area contributed by atoms with Gasteiger partial charge in [-0.05, 0) is 29.0 Å². The van der Waals surface area contributed by atoms with E-state index in [9.17, 15) is 10.1 Å². The first-order valence-corrected chi connectivity index (χ1v) is 5.40. The monoisotopic (exact) mass is 247 g/mol. The molecule has 0 unspecified atom stereocenters. The highest BCUT2D eigenvalue weighted by atomic mass is 16.6. The van der Waals surface area contributed by atoms with E-state index in [1.54, 1.807) is 23.0 Å². The van der Waals surface area contributed by atoms with Gasteiger partial charge in [0.1, 0.15) is 11.9 Å². The second-order valence-corrected chi connectivity index (χ2v) is 3.86. The first-order valence-electron chi connectivity index (χ1n) is 5.40. The van der Waals surface area contributed by atoms with E-state index in [2.05, 4.69) is 15.4 Å². The van der Waals surface area contributed by atoms with Crippen LogP contribution >= 0.6 is 0 Å². The van der Waals surface area contributed by atoms with Crippen molar-refractivity contribution in [2.45, 2.75) is 13.5 Å². The van der Waals surface area contributed by atoms with Crippen molar-refractivity contribution in [2.75, 3.05) is 5.32 Å². The van der Waals surface area contributed by atoms with Gasteiger partial charge in [0.15, 0.2) is 0 Å². The molecule has 0 radical (unpaired) electrons. The predicted molar refractivity (Wildman–Crippen MR) is 66.2 cm³/mol. The second-order valence-electron chi connectivity index (χ2n) is 3.86. The van der Waals surface area contributed by atoms with Gasteiger partial charge in [0.25, 0.3) is 0 Å². The maximum Gasteiger partial charge on any atom is 0.386 e. The zero-order valence-electron chi connectivity index (χ0n) is 10.1. The average Bonchev–Trinajstić information content (AvgIpc) is 2.68. The van der Waals surface area contributed by atoms with Crippen molar-refractivity contribution < 1.29 is 4.92 Å². The first kappa shape index (κ1) is 12.0. The molecular formula is C11H13N5O2. The van der Waals surface area contributed by atoms with Crippen molar-refractivity contribution in [3.05, 3.63) is 45.9 Å². The van der Waals surface area contributed by atoms with Gasteiger partial charge < -0.3 is 15.4 Å². The van der Waals surface area contributed by atoms with E-state index < -0.39 is 4.92 Å². The van der Waals surface area contributed by atoms with Crippen LogP contribution in [0.3, 0.4) is 0 Å². The van der Waals surface area contributed by atoms with Crippen molar-refractivity contribution in [1.82, 2.24) is 14.8 Å². The van der Waals surface area contributed by atoms with E-state index >= 15 is 0 Å². The fraction of sp³-hybridized carbons (Fsp3) is 0.273. The second kappa shape index (κ2) is 4.82. The fourth-order valence-corrected chi connectivity index (χ4v) is 1.59. The number of nitro groups is 1. The molecule has 0 fully saturated rings. The molecule has 1 N–H and O–H groups in total. The first-order chi connectivity index (χ1) is 8.59. The van der Waals surface area contributed by atoms with E-state index in [1.807, 2.05) is 14.0 Å². The molecule has 18 heavy (non-hydrogen) atoms. The standard InChI is InChI=1S/C11H13N5O2/c1-8-9(7-14-15(8)2)6-13-10-4-3-5-12-11(10)16(17)18/h3-5,7,13H,6H2,1-2H3. The molecule has 7 nitrogen and oxygen atoms in total. The summed E-state index contributed by atoms with van der Waals surface area (Å²) in [6.07, 6.45) is 3.14. The largest absolute Gasteiger partial charge is 0.386 e. The molecule has 0 saturated heterocycles. The van der Waals surface area contributed by atoms with E-state index in [0.29, 0.717) is 12.2 Å².